The number of carboxylic acids is 1. The van der Waals surface area contributed by atoms with Gasteiger partial charge in [0, 0.05) is 31.0 Å². The van der Waals surface area contributed by atoms with Crippen molar-refractivity contribution in [1.82, 2.24) is 9.97 Å². The van der Waals surface area contributed by atoms with E-state index in [2.05, 4.69) is 9.97 Å². The number of aliphatic carboxylic acids is 1. The molecule has 5 nitrogen and oxygen atoms in total. The molecule has 5 heteroatoms. The van der Waals surface area contributed by atoms with E-state index in [0.29, 0.717) is 11.5 Å². The first kappa shape index (κ1) is 11.4. The Hall–Kier alpha value is -1.65. The molecular weight excluding hydrogens is 194 g/mol. The minimum absolute atomic E-state index is 0.0224. The lowest BCUT2D eigenvalue weighted by Crippen LogP contribution is -2.16. The summed E-state index contributed by atoms with van der Waals surface area (Å²) in [5.74, 6) is -0.249. The van der Waals surface area contributed by atoms with Crippen LogP contribution in [0, 0.1) is 13.8 Å². The SMILES string of the molecule is Cc1nc(N(C)C)nc(C)c1CC(=O)O. The number of aryl methyl sites for hydroxylation is 2. The van der Waals surface area contributed by atoms with Crippen molar-refractivity contribution in [3.8, 4) is 0 Å². The molecule has 1 N–H and O–H groups in total. The fraction of sp³-hybridized carbons (Fsp3) is 0.500. The molecule has 0 saturated heterocycles. The van der Waals surface area contributed by atoms with Crippen molar-refractivity contribution >= 4 is 11.9 Å². The van der Waals surface area contributed by atoms with Gasteiger partial charge in [0.2, 0.25) is 5.95 Å². The van der Waals surface area contributed by atoms with E-state index in [4.69, 9.17) is 5.11 Å². The largest absolute Gasteiger partial charge is 0.481 e. The summed E-state index contributed by atoms with van der Waals surface area (Å²) in [5, 5.41) is 8.73. The molecule has 15 heavy (non-hydrogen) atoms. The second-order valence-corrected chi connectivity index (χ2v) is 3.64. The Labute approximate surface area is 88.8 Å². The van der Waals surface area contributed by atoms with E-state index in [-0.39, 0.29) is 6.42 Å². The van der Waals surface area contributed by atoms with Crippen LogP contribution in [0.5, 0.6) is 0 Å². The summed E-state index contributed by atoms with van der Waals surface area (Å²) in [4.78, 5) is 20.9. The zero-order valence-electron chi connectivity index (χ0n) is 9.40. The van der Waals surface area contributed by atoms with Crippen molar-refractivity contribution in [2.75, 3.05) is 19.0 Å². The van der Waals surface area contributed by atoms with Gasteiger partial charge in [0.1, 0.15) is 0 Å². The molecule has 0 aliphatic carbocycles. The zero-order chi connectivity index (χ0) is 11.6. The van der Waals surface area contributed by atoms with Crippen molar-refractivity contribution in [3.05, 3.63) is 17.0 Å². The summed E-state index contributed by atoms with van der Waals surface area (Å²) < 4.78 is 0. The van der Waals surface area contributed by atoms with Gasteiger partial charge in [-0.25, -0.2) is 9.97 Å². The lowest BCUT2D eigenvalue weighted by atomic mass is 10.1. The van der Waals surface area contributed by atoms with Gasteiger partial charge in [-0.15, -0.1) is 0 Å². The molecular formula is C10H15N3O2. The Morgan fingerprint density at radius 2 is 1.73 bits per heavy atom. The molecule has 1 aromatic heterocycles. The normalized spacial score (nSPS) is 10.1. The van der Waals surface area contributed by atoms with Gasteiger partial charge in [0.15, 0.2) is 0 Å². The van der Waals surface area contributed by atoms with Gasteiger partial charge in [-0.2, -0.15) is 0 Å². The molecule has 1 heterocycles. The third-order valence-electron chi connectivity index (χ3n) is 2.14. The molecule has 0 aliphatic rings. The number of nitrogens with zero attached hydrogens (tertiary/aromatic N) is 3. The molecule has 0 unspecified atom stereocenters. The molecule has 0 radical (unpaired) electrons. The van der Waals surface area contributed by atoms with Crippen LogP contribution in [0.15, 0.2) is 0 Å². The minimum Gasteiger partial charge on any atom is -0.481 e. The van der Waals surface area contributed by atoms with Crippen LogP contribution >= 0.6 is 0 Å². The smallest absolute Gasteiger partial charge is 0.307 e. The predicted octanol–water partition coefficient (Wildman–Crippen LogP) is 0.787. The third-order valence-corrected chi connectivity index (χ3v) is 2.14. The second kappa shape index (κ2) is 4.25. The summed E-state index contributed by atoms with van der Waals surface area (Å²) in [6, 6.07) is 0. The number of carbonyl (C=O) groups is 1. The van der Waals surface area contributed by atoms with Crippen LogP contribution in [0.1, 0.15) is 17.0 Å². The first-order valence-corrected chi connectivity index (χ1v) is 4.65. The van der Waals surface area contributed by atoms with Gasteiger partial charge in [-0.1, -0.05) is 0 Å². The number of rotatable bonds is 3. The molecule has 82 valence electrons. The standard InChI is InChI=1S/C10H15N3O2/c1-6-8(5-9(14)15)7(2)12-10(11-6)13(3)4/h5H2,1-4H3,(H,14,15). The van der Waals surface area contributed by atoms with Crippen LogP contribution in [-0.4, -0.2) is 35.1 Å². The molecule has 0 aliphatic heterocycles. The van der Waals surface area contributed by atoms with Crippen LogP contribution in [0.25, 0.3) is 0 Å². The molecule has 1 aromatic rings. The van der Waals surface area contributed by atoms with Crippen molar-refractivity contribution < 1.29 is 9.90 Å². The maximum atomic E-state index is 10.6. The molecule has 0 aromatic carbocycles. The zero-order valence-corrected chi connectivity index (χ0v) is 9.40. The monoisotopic (exact) mass is 209 g/mol. The highest BCUT2D eigenvalue weighted by atomic mass is 16.4. The summed E-state index contributed by atoms with van der Waals surface area (Å²) in [7, 11) is 3.70. The quantitative estimate of drug-likeness (QED) is 0.797. The van der Waals surface area contributed by atoms with Crippen molar-refractivity contribution in [2.45, 2.75) is 20.3 Å². The van der Waals surface area contributed by atoms with Crippen molar-refractivity contribution in [2.24, 2.45) is 0 Å². The van der Waals surface area contributed by atoms with E-state index in [1.54, 1.807) is 18.7 Å². The van der Waals surface area contributed by atoms with E-state index in [0.717, 1.165) is 11.4 Å². The average molecular weight is 209 g/mol. The maximum Gasteiger partial charge on any atom is 0.307 e. The summed E-state index contributed by atoms with van der Waals surface area (Å²) in [6.07, 6.45) is -0.0224. The van der Waals surface area contributed by atoms with E-state index in [1.165, 1.54) is 0 Å². The molecule has 0 saturated carbocycles. The van der Waals surface area contributed by atoms with Gasteiger partial charge in [-0.3, -0.25) is 4.79 Å². The molecule has 0 fully saturated rings. The van der Waals surface area contributed by atoms with Crippen LogP contribution in [-0.2, 0) is 11.2 Å². The van der Waals surface area contributed by atoms with Crippen molar-refractivity contribution in [1.29, 1.82) is 0 Å². The van der Waals surface area contributed by atoms with E-state index in [9.17, 15) is 4.79 Å². The highest BCUT2D eigenvalue weighted by Crippen LogP contribution is 2.14. The minimum atomic E-state index is -0.859. The molecule has 0 bridgehead atoms. The Balaban J connectivity index is 3.15. The maximum absolute atomic E-state index is 10.6. The van der Waals surface area contributed by atoms with Gasteiger partial charge >= 0.3 is 5.97 Å². The second-order valence-electron chi connectivity index (χ2n) is 3.64. The number of hydrogen-bond acceptors (Lipinski definition) is 4. The van der Waals surface area contributed by atoms with Crippen LogP contribution in [0.3, 0.4) is 0 Å². The lowest BCUT2D eigenvalue weighted by molar-refractivity contribution is -0.136. The van der Waals surface area contributed by atoms with E-state index >= 15 is 0 Å². The van der Waals surface area contributed by atoms with Gasteiger partial charge < -0.3 is 10.0 Å². The Morgan fingerprint density at radius 3 is 2.07 bits per heavy atom. The average Bonchev–Trinajstić information content (AvgIpc) is 2.10. The number of aromatic nitrogens is 2. The third kappa shape index (κ3) is 2.65. The fourth-order valence-electron chi connectivity index (χ4n) is 1.33. The number of carboxylic acid groups (broad SMARTS) is 1. The van der Waals surface area contributed by atoms with E-state index in [1.807, 2.05) is 14.1 Å². The fourth-order valence-corrected chi connectivity index (χ4v) is 1.33. The summed E-state index contributed by atoms with van der Waals surface area (Å²) in [6.45, 7) is 3.61. The lowest BCUT2D eigenvalue weighted by Gasteiger charge is -2.14. The van der Waals surface area contributed by atoms with Gasteiger partial charge in [-0.05, 0) is 13.8 Å². The van der Waals surface area contributed by atoms with Gasteiger partial charge in [0.05, 0.1) is 6.42 Å². The Kier molecular flexibility index (Phi) is 3.24. The molecule has 1 rings (SSSR count). The van der Waals surface area contributed by atoms with E-state index < -0.39 is 5.97 Å². The Bertz CT molecular complexity index is 365. The molecule has 0 spiro atoms. The Morgan fingerprint density at radius 1 is 1.27 bits per heavy atom. The topological polar surface area (TPSA) is 66.3 Å². The molecule has 0 atom stereocenters. The van der Waals surface area contributed by atoms with Crippen LogP contribution in [0.2, 0.25) is 0 Å². The number of hydrogen-bond donors (Lipinski definition) is 1. The highest BCUT2D eigenvalue weighted by Gasteiger charge is 2.12. The first-order valence-electron chi connectivity index (χ1n) is 4.65. The van der Waals surface area contributed by atoms with Crippen molar-refractivity contribution in [3.63, 3.8) is 0 Å². The summed E-state index contributed by atoms with van der Waals surface area (Å²) in [5.41, 5.74) is 2.16. The highest BCUT2D eigenvalue weighted by molar-refractivity contribution is 5.71. The predicted molar refractivity (Wildman–Crippen MR) is 57.2 cm³/mol. The summed E-state index contributed by atoms with van der Waals surface area (Å²) >= 11 is 0. The van der Waals surface area contributed by atoms with Crippen LogP contribution < -0.4 is 4.90 Å². The van der Waals surface area contributed by atoms with Crippen LogP contribution in [0.4, 0.5) is 5.95 Å². The molecule has 0 amide bonds. The first-order chi connectivity index (χ1) is 6.91. The number of anilines is 1. The van der Waals surface area contributed by atoms with Gasteiger partial charge in [0.25, 0.3) is 0 Å².